The SMILES string of the molecule is CCCNC1CCc2ccc[c]c2C1. The molecule has 1 radical (unpaired) electrons. The summed E-state index contributed by atoms with van der Waals surface area (Å²) in [6.07, 6.45) is 4.89. The van der Waals surface area contributed by atoms with Crippen LogP contribution in [0.4, 0.5) is 0 Å². The number of aryl methyl sites for hydroxylation is 1. The molecule has 1 unspecified atom stereocenters. The highest BCUT2D eigenvalue weighted by molar-refractivity contribution is 5.29. The highest BCUT2D eigenvalue weighted by Crippen LogP contribution is 2.20. The molecule has 1 aromatic rings. The van der Waals surface area contributed by atoms with Gasteiger partial charge in [-0.05, 0) is 49.4 Å². The second-order valence-corrected chi connectivity index (χ2v) is 4.07. The van der Waals surface area contributed by atoms with Gasteiger partial charge in [-0.3, -0.25) is 0 Å². The van der Waals surface area contributed by atoms with Crippen LogP contribution in [0, 0.1) is 6.07 Å². The summed E-state index contributed by atoms with van der Waals surface area (Å²) in [7, 11) is 0. The summed E-state index contributed by atoms with van der Waals surface area (Å²) >= 11 is 0. The standard InChI is InChI=1S/C13H18N/c1-2-9-14-13-8-7-11-5-3-4-6-12(11)10-13/h3-5,13-14H,2,7-10H2,1H3. The molecule has 1 aromatic carbocycles. The number of rotatable bonds is 3. The van der Waals surface area contributed by atoms with Gasteiger partial charge in [0.2, 0.25) is 0 Å². The van der Waals surface area contributed by atoms with Gasteiger partial charge in [0.25, 0.3) is 0 Å². The Morgan fingerprint density at radius 1 is 1.57 bits per heavy atom. The van der Waals surface area contributed by atoms with Crippen LogP contribution in [-0.4, -0.2) is 12.6 Å². The minimum absolute atomic E-state index is 0.682. The summed E-state index contributed by atoms with van der Waals surface area (Å²) in [4.78, 5) is 0. The van der Waals surface area contributed by atoms with Crippen LogP contribution in [0.1, 0.15) is 30.9 Å². The average Bonchev–Trinajstić information content (AvgIpc) is 2.26. The van der Waals surface area contributed by atoms with Crippen LogP contribution in [0.2, 0.25) is 0 Å². The fourth-order valence-electron chi connectivity index (χ4n) is 2.13. The third-order valence-electron chi connectivity index (χ3n) is 2.93. The first-order chi connectivity index (χ1) is 6.90. The zero-order valence-electron chi connectivity index (χ0n) is 8.84. The van der Waals surface area contributed by atoms with E-state index in [1.54, 1.807) is 0 Å². The van der Waals surface area contributed by atoms with E-state index in [-0.39, 0.29) is 0 Å². The van der Waals surface area contributed by atoms with Gasteiger partial charge in [0.05, 0.1) is 0 Å². The fourth-order valence-corrected chi connectivity index (χ4v) is 2.13. The molecule has 0 spiro atoms. The van der Waals surface area contributed by atoms with Crippen molar-refractivity contribution < 1.29 is 0 Å². The lowest BCUT2D eigenvalue weighted by Crippen LogP contribution is -2.34. The highest BCUT2D eigenvalue weighted by Gasteiger charge is 2.16. The molecule has 0 saturated heterocycles. The molecule has 75 valence electrons. The van der Waals surface area contributed by atoms with Gasteiger partial charge < -0.3 is 5.32 Å². The van der Waals surface area contributed by atoms with Crippen LogP contribution in [0.25, 0.3) is 0 Å². The van der Waals surface area contributed by atoms with E-state index >= 15 is 0 Å². The first-order valence-corrected chi connectivity index (χ1v) is 5.62. The molecule has 0 amide bonds. The van der Waals surface area contributed by atoms with Gasteiger partial charge in [-0.2, -0.15) is 0 Å². The molecular formula is C13H18N. The van der Waals surface area contributed by atoms with Crippen molar-refractivity contribution in [2.75, 3.05) is 6.54 Å². The van der Waals surface area contributed by atoms with Gasteiger partial charge in [0, 0.05) is 6.04 Å². The van der Waals surface area contributed by atoms with Crippen molar-refractivity contribution in [2.24, 2.45) is 0 Å². The van der Waals surface area contributed by atoms with Crippen LogP contribution in [-0.2, 0) is 12.8 Å². The number of fused-ring (bicyclic) bond motifs is 1. The molecule has 1 heteroatoms. The molecular weight excluding hydrogens is 170 g/mol. The molecule has 1 N–H and O–H groups in total. The van der Waals surface area contributed by atoms with E-state index in [1.165, 1.54) is 30.4 Å². The molecule has 0 aliphatic heterocycles. The van der Waals surface area contributed by atoms with Gasteiger partial charge in [0.1, 0.15) is 0 Å². The molecule has 0 saturated carbocycles. The predicted molar refractivity (Wildman–Crippen MR) is 59.4 cm³/mol. The minimum atomic E-state index is 0.682. The van der Waals surface area contributed by atoms with E-state index in [4.69, 9.17) is 0 Å². The van der Waals surface area contributed by atoms with Crippen LogP contribution in [0.15, 0.2) is 18.2 Å². The van der Waals surface area contributed by atoms with Crippen molar-refractivity contribution in [3.63, 3.8) is 0 Å². The van der Waals surface area contributed by atoms with Crippen LogP contribution >= 0.6 is 0 Å². The van der Waals surface area contributed by atoms with Crippen molar-refractivity contribution >= 4 is 0 Å². The molecule has 0 aromatic heterocycles. The van der Waals surface area contributed by atoms with Gasteiger partial charge in [-0.15, -0.1) is 0 Å². The van der Waals surface area contributed by atoms with Gasteiger partial charge >= 0.3 is 0 Å². The van der Waals surface area contributed by atoms with Crippen molar-refractivity contribution in [1.29, 1.82) is 0 Å². The van der Waals surface area contributed by atoms with Crippen molar-refractivity contribution in [1.82, 2.24) is 5.32 Å². The molecule has 1 aliphatic carbocycles. The summed E-state index contributed by atoms with van der Waals surface area (Å²) < 4.78 is 0. The largest absolute Gasteiger partial charge is 0.314 e. The third-order valence-corrected chi connectivity index (χ3v) is 2.93. The molecule has 0 bridgehead atoms. The van der Waals surface area contributed by atoms with E-state index in [9.17, 15) is 0 Å². The Hall–Kier alpha value is -0.820. The Labute approximate surface area is 86.5 Å². The molecule has 0 fully saturated rings. The fraction of sp³-hybridized carbons (Fsp3) is 0.538. The summed E-state index contributed by atoms with van der Waals surface area (Å²) in [5.74, 6) is 0. The monoisotopic (exact) mass is 188 g/mol. The lowest BCUT2D eigenvalue weighted by Gasteiger charge is -2.25. The number of nitrogens with one attached hydrogen (secondary N) is 1. The summed E-state index contributed by atoms with van der Waals surface area (Å²) in [5, 5.41) is 3.59. The lowest BCUT2D eigenvalue weighted by molar-refractivity contribution is 0.459. The predicted octanol–water partition coefficient (Wildman–Crippen LogP) is 2.34. The summed E-state index contributed by atoms with van der Waals surface area (Å²) in [6, 6.07) is 10.4. The van der Waals surface area contributed by atoms with Crippen LogP contribution < -0.4 is 5.32 Å². The summed E-state index contributed by atoms with van der Waals surface area (Å²) in [6.45, 7) is 3.36. The molecule has 1 nitrogen and oxygen atoms in total. The molecule has 14 heavy (non-hydrogen) atoms. The van der Waals surface area contributed by atoms with Gasteiger partial charge in [-0.1, -0.05) is 25.1 Å². The van der Waals surface area contributed by atoms with Crippen LogP contribution in [0.5, 0.6) is 0 Å². The zero-order valence-corrected chi connectivity index (χ0v) is 8.84. The van der Waals surface area contributed by atoms with Gasteiger partial charge in [0.15, 0.2) is 0 Å². The Kier molecular flexibility index (Phi) is 3.20. The highest BCUT2D eigenvalue weighted by atomic mass is 14.9. The molecule has 2 rings (SSSR count). The lowest BCUT2D eigenvalue weighted by atomic mass is 9.88. The number of hydrogen-bond donors (Lipinski definition) is 1. The van der Waals surface area contributed by atoms with Crippen molar-refractivity contribution in [2.45, 2.75) is 38.6 Å². The topological polar surface area (TPSA) is 12.0 Å². The zero-order chi connectivity index (χ0) is 9.80. The molecule has 1 aliphatic rings. The van der Waals surface area contributed by atoms with Gasteiger partial charge in [-0.25, -0.2) is 0 Å². The second kappa shape index (κ2) is 4.61. The second-order valence-electron chi connectivity index (χ2n) is 4.07. The van der Waals surface area contributed by atoms with Crippen molar-refractivity contribution in [3.8, 4) is 0 Å². The Bertz CT molecular complexity index is 293. The van der Waals surface area contributed by atoms with E-state index in [0.29, 0.717) is 6.04 Å². The first kappa shape index (κ1) is 9.72. The number of benzene rings is 1. The summed E-state index contributed by atoms with van der Waals surface area (Å²) in [5.41, 5.74) is 2.93. The van der Waals surface area contributed by atoms with E-state index in [2.05, 4.69) is 30.4 Å². The first-order valence-electron chi connectivity index (χ1n) is 5.62. The Balaban J connectivity index is 1.99. The molecule has 0 heterocycles. The Morgan fingerprint density at radius 2 is 2.50 bits per heavy atom. The van der Waals surface area contributed by atoms with E-state index < -0.39 is 0 Å². The maximum absolute atomic E-state index is 3.59. The molecule has 1 atom stereocenters. The van der Waals surface area contributed by atoms with E-state index in [1.807, 2.05) is 6.07 Å². The third kappa shape index (κ3) is 2.16. The van der Waals surface area contributed by atoms with Crippen molar-refractivity contribution in [3.05, 3.63) is 35.4 Å². The van der Waals surface area contributed by atoms with E-state index in [0.717, 1.165) is 13.0 Å². The maximum Gasteiger partial charge on any atom is 0.0111 e. The smallest absolute Gasteiger partial charge is 0.0111 e. The maximum atomic E-state index is 3.59. The quantitative estimate of drug-likeness (QED) is 0.767. The average molecular weight is 188 g/mol. The Morgan fingerprint density at radius 3 is 3.36 bits per heavy atom. The normalized spacial score (nSPS) is 20.5. The van der Waals surface area contributed by atoms with Crippen LogP contribution in [0.3, 0.4) is 0 Å². The minimum Gasteiger partial charge on any atom is -0.314 e. The number of hydrogen-bond acceptors (Lipinski definition) is 1.